The number of fused-ring (bicyclic) bond motifs is 1. The van der Waals surface area contributed by atoms with Crippen LogP contribution in [0, 0.1) is 6.92 Å². The maximum Gasteiger partial charge on any atom is 0.337 e. The standard InChI is InChI=1S/C10H7BrO2S/c1-5-4-7-6(2-3-14-7)9(11)8(5)10(12)13/h2-4H,1H3,(H,12,13). The van der Waals surface area contributed by atoms with Crippen molar-refractivity contribution in [2.45, 2.75) is 6.92 Å². The fourth-order valence-corrected chi connectivity index (χ4v) is 3.31. The predicted molar refractivity (Wildman–Crippen MR) is 61.2 cm³/mol. The average Bonchev–Trinajstić information content (AvgIpc) is 2.50. The number of halogens is 1. The molecule has 2 aromatic rings. The van der Waals surface area contributed by atoms with Gasteiger partial charge in [0, 0.05) is 14.6 Å². The van der Waals surface area contributed by atoms with Gasteiger partial charge in [-0.05, 0) is 45.9 Å². The number of aromatic carboxylic acids is 1. The molecule has 4 heteroatoms. The number of carboxylic acid groups (broad SMARTS) is 1. The minimum Gasteiger partial charge on any atom is -0.478 e. The van der Waals surface area contributed by atoms with Gasteiger partial charge in [-0.15, -0.1) is 11.3 Å². The van der Waals surface area contributed by atoms with Gasteiger partial charge in [0.15, 0.2) is 0 Å². The normalized spacial score (nSPS) is 10.7. The van der Waals surface area contributed by atoms with Crippen LogP contribution in [0.1, 0.15) is 15.9 Å². The van der Waals surface area contributed by atoms with E-state index in [-0.39, 0.29) is 0 Å². The van der Waals surface area contributed by atoms with E-state index in [0.29, 0.717) is 10.0 Å². The third kappa shape index (κ3) is 1.35. The van der Waals surface area contributed by atoms with E-state index in [1.165, 1.54) is 0 Å². The molecule has 14 heavy (non-hydrogen) atoms. The zero-order chi connectivity index (χ0) is 10.3. The molecule has 0 aliphatic carbocycles. The molecule has 0 saturated carbocycles. The molecule has 0 aliphatic heterocycles. The Kier molecular flexibility index (Phi) is 2.33. The number of hydrogen-bond donors (Lipinski definition) is 1. The van der Waals surface area contributed by atoms with Crippen LogP contribution in [0.5, 0.6) is 0 Å². The zero-order valence-electron chi connectivity index (χ0n) is 7.37. The maximum atomic E-state index is 11.0. The van der Waals surface area contributed by atoms with Crippen molar-refractivity contribution in [3.63, 3.8) is 0 Å². The summed E-state index contributed by atoms with van der Waals surface area (Å²) in [6, 6.07) is 3.84. The van der Waals surface area contributed by atoms with Crippen LogP contribution in [0.3, 0.4) is 0 Å². The number of carboxylic acids is 1. The minimum atomic E-state index is -0.887. The highest BCUT2D eigenvalue weighted by Crippen LogP contribution is 2.33. The van der Waals surface area contributed by atoms with Gasteiger partial charge >= 0.3 is 5.97 Å². The summed E-state index contributed by atoms with van der Waals surface area (Å²) in [7, 11) is 0. The zero-order valence-corrected chi connectivity index (χ0v) is 9.78. The number of aryl methyl sites for hydroxylation is 1. The molecular weight excluding hydrogens is 264 g/mol. The van der Waals surface area contributed by atoms with E-state index in [4.69, 9.17) is 5.11 Å². The first-order valence-corrected chi connectivity index (χ1v) is 5.68. The second-order valence-corrected chi connectivity index (χ2v) is 4.76. The summed E-state index contributed by atoms with van der Waals surface area (Å²) in [6.07, 6.45) is 0. The quantitative estimate of drug-likeness (QED) is 0.859. The first-order chi connectivity index (χ1) is 6.61. The maximum absolute atomic E-state index is 11.0. The van der Waals surface area contributed by atoms with Crippen LogP contribution in [0.15, 0.2) is 22.0 Å². The number of thiophene rings is 1. The molecule has 0 fully saturated rings. The van der Waals surface area contributed by atoms with Gasteiger partial charge in [-0.3, -0.25) is 0 Å². The molecule has 0 amide bonds. The van der Waals surface area contributed by atoms with E-state index in [1.54, 1.807) is 11.3 Å². The van der Waals surface area contributed by atoms with Crippen LogP contribution >= 0.6 is 27.3 Å². The van der Waals surface area contributed by atoms with Crippen molar-refractivity contribution in [1.29, 1.82) is 0 Å². The van der Waals surface area contributed by atoms with Gasteiger partial charge < -0.3 is 5.11 Å². The van der Waals surface area contributed by atoms with Crippen molar-refractivity contribution in [1.82, 2.24) is 0 Å². The summed E-state index contributed by atoms with van der Waals surface area (Å²) >= 11 is 4.95. The van der Waals surface area contributed by atoms with Crippen molar-refractivity contribution >= 4 is 43.3 Å². The van der Waals surface area contributed by atoms with E-state index >= 15 is 0 Å². The summed E-state index contributed by atoms with van der Waals surface area (Å²) < 4.78 is 1.79. The van der Waals surface area contributed by atoms with Crippen LogP contribution in [0.4, 0.5) is 0 Å². The second-order valence-electron chi connectivity index (χ2n) is 3.02. The van der Waals surface area contributed by atoms with E-state index in [1.807, 2.05) is 24.4 Å². The largest absolute Gasteiger partial charge is 0.478 e. The summed E-state index contributed by atoms with van der Waals surface area (Å²) in [5.41, 5.74) is 1.15. The van der Waals surface area contributed by atoms with Gasteiger partial charge in [-0.25, -0.2) is 4.79 Å². The number of carbonyl (C=O) groups is 1. The molecule has 0 aliphatic rings. The molecule has 0 saturated heterocycles. The molecule has 72 valence electrons. The lowest BCUT2D eigenvalue weighted by molar-refractivity contribution is 0.0695. The lowest BCUT2D eigenvalue weighted by Gasteiger charge is -2.04. The third-order valence-corrected chi connectivity index (χ3v) is 3.79. The summed E-state index contributed by atoms with van der Waals surface area (Å²) in [4.78, 5) is 11.0. The highest BCUT2D eigenvalue weighted by molar-refractivity contribution is 9.10. The number of benzene rings is 1. The highest BCUT2D eigenvalue weighted by Gasteiger charge is 2.15. The fraction of sp³-hybridized carbons (Fsp3) is 0.100. The summed E-state index contributed by atoms with van der Waals surface area (Å²) in [5.74, 6) is -0.887. The van der Waals surface area contributed by atoms with E-state index in [9.17, 15) is 4.79 Å². The van der Waals surface area contributed by atoms with E-state index in [0.717, 1.165) is 15.6 Å². The Morgan fingerprint density at radius 2 is 2.29 bits per heavy atom. The Morgan fingerprint density at radius 3 is 2.93 bits per heavy atom. The van der Waals surface area contributed by atoms with Crippen molar-refractivity contribution in [3.8, 4) is 0 Å². The summed E-state index contributed by atoms with van der Waals surface area (Å²) in [6.45, 7) is 1.81. The Bertz CT molecular complexity index is 516. The highest BCUT2D eigenvalue weighted by atomic mass is 79.9. The van der Waals surface area contributed by atoms with Crippen molar-refractivity contribution in [3.05, 3.63) is 33.1 Å². The molecular formula is C10H7BrO2S. The van der Waals surface area contributed by atoms with Crippen molar-refractivity contribution < 1.29 is 9.90 Å². The lowest BCUT2D eigenvalue weighted by atomic mass is 10.1. The number of hydrogen-bond acceptors (Lipinski definition) is 2. The lowest BCUT2D eigenvalue weighted by Crippen LogP contribution is -2.00. The van der Waals surface area contributed by atoms with E-state index in [2.05, 4.69) is 15.9 Å². The van der Waals surface area contributed by atoms with Crippen LogP contribution in [-0.2, 0) is 0 Å². The van der Waals surface area contributed by atoms with Gasteiger partial charge in [0.2, 0.25) is 0 Å². The molecule has 1 aromatic carbocycles. The Balaban J connectivity index is 2.89. The van der Waals surface area contributed by atoms with Crippen LogP contribution < -0.4 is 0 Å². The topological polar surface area (TPSA) is 37.3 Å². The van der Waals surface area contributed by atoms with Crippen molar-refractivity contribution in [2.24, 2.45) is 0 Å². The Morgan fingerprint density at radius 1 is 1.57 bits per heavy atom. The SMILES string of the molecule is Cc1cc2sccc2c(Br)c1C(=O)O. The first kappa shape index (κ1) is 9.68. The van der Waals surface area contributed by atoms with Crippen LogP contribution in [-0.4, -0.2) is 11.1 Å². The molecule has 1 N–H and O–H groups in total. The average molecular weight is 271 g/mol. The van der Waals surface area contributed by atoms with Crippen LogP contribution in [0.25, 0.3) is 10.1 Å². The Hall–Kier alpha value is -0.870. The first-order valence-electron chi connectivity index (χ1n) is 4.01. The molecule has 0 unspecified atom stereocenters. The number of rotatable bonds is 1. The fourth-order valence-electron chi connectivity index (χ4n) is 1.45. The van der Waals surface area contributed by atoms with E-state index < -0.39 is 5.97 Å². The van der Waals surface area contributed by atoms with Gasteiger partial charge in [0.05, 0.1) is 5.56 Å². The second kappa shape index (κ2) is 3.37. The molecule has 1 heterocycles. The smallest absolute Gasteiger partial charge is 0.337 e. The predicted octanol–water partition coefficient (Wildman–Crippen LogP) is 3.67. The minimum absolute atomic E-state index is 0.357. The molecule has 1 aromatic heterocycles. The monoisotopic (exact) mass is 270 g/mol. The molecule has 0 radical (unpaired) electrons. The molecule has 0 spiro atoms. The molecule has 2 nitrogen and oxygen atoms in total. The van der Waals surface area contributed by atoms with Crippen LogP contribution in [0.2, 0.25) is 0 Å². The van der Waals surface area contributed by atoms with Gasteiger partial charge in [0.25, 0.3) is 0 Å². The third-order valence-electron chi connectivity index (χ3n) is 2.11. The van der Waals surface area contributed by atoms with Gasteiger partial charge in [-0.1, -0.05) is 0 Å². The van der Waals surface area contributed by atoms with Crippen molar-refractivity contribution in [2.75, 3.05) is 0 Å². The molecule has 0 atom stereocenters. The molecule has 2 rings (SSSR count). The molecule has 0 bridgehead atoms. The summed E-state index contributed by atoms with van der Waals surface area (Å²) in [5, 5.41) is 11.9. The van der Waals surface area contributed by atoms with Gasteiger partial charge in [0.1, 0.15) is 0 Å². The Labute approximate surface area is 93.3 Å². The van der Waals surface area contributed by atoms with Gasteiger partial charge in [-0.2, -0.15) is 0 Å².